The lowest BCUT2D eigenvalue weighted by Gasteiger charge is -2.39. The minimum atomic E-state index is -0.638. The number of carbonyl (C=O) groups is 2. The highest BCUT2D eigenvalue weighted by Crippen LogP contribution is 2.21. The standard InChI is InChI=1S/C21H22F2N4O2/c22-16-3-1-15(2-4-16)14-27-12-10-25-9-11-26(8-6-19(25)21(27)29)20(28)17-5-7-24-13-18(17)23/h1-5,7,13,19H,6,8-12,14H2. The third kappa shape index (κ3) is 4.12. The van der Waals surface area contributed by atoms with Crippen LogP contribution in [0.4, 0.5) is 8.78 Å². The van der Waals surface area contributed by atoms with Crippen molar-refractivity contribution >= 4 is 11.8 Å². The third-order valence-corrected chi connectivity index (χ3v) is 5.60. The molecule has 2 fully saturated rings. The molecule has 2 aliphatic heterocycles. The van der Waals surface area contributed by atoms with E-state index in [0.717, 1.165) is 11.8 Å². The lowest BCUT2D eigenvalue weighted by molar-refractivity contribution is -0.142. The molecule has 0 N–H and O–H groups in total. The van der Waals surface area contributed by atoms with Crippen molar-refractivity contribution in [2.75, 3.05) is 32.7 Å². The largest absolute Gasteiger partial charge is 0.337 e. The molecule has 2 saturated heterocycles. The maximum absolute atomic E-state index is 13.9. The van der Waals surface area contributed by atoms with E-state index in [0.29, 0.717) is 45.7 Å². The first-order chi connectivity index (χ1) is 14.0. The normalized spacial score (nSPS) is 20.3. The van der Waals surface area contributed by atoms with E-state index in [2.05, 4.69) is 9.88 Å². The second-order valence-corrected chi connectivity index (χ2v) is 7.37. The number of nitrogens with zero attached hydrogens (tertiary/aromatic N) is 4. The van der Waals surface area contributed by atoms with Crippen LogP contribution >= 0.6 is 0 Å². The van der Waals surface area contributed by atoms with Crippen LogP contribution < -0.4 is 0 Å². The summed E-state index contributed by atoms with van der Waals surface area (Å²) >= 11 is 0. The van der Waals surface area contributed by atoms with E-state index in [1.54, 1.807) is 21.9 Å². The maximum atomic E-state index is 13.9. The average molecular weight is 400 g/mol. The Hall–Kier alpha value is -2.87. The van der Waals surface area contributed by atoms with E-state index in [9.17, 15) is 18.4 Å². The number of benzene rings is 1. The Morgan fingerprint density at radius 1 is 1.03 bits per heavy atom. The summed E-state index contributed by atoms with van der Waals surface area (Å²) in [6.07, 6.45) is 2.93. The van der Waals surface area contributed by atoms with Crippen LogP contribution in [-0.4, -0.2) is 70.3 Å². The minimum absolute atomic E-state index is 0.00383. The Morgan fingerprint density at radius 2 is 1.79 bits per heavy atom. The first-order valence-electron chi connectivity index (χ1n) is 9.69. The van der Waals surface area contributed by atoms with Crippen LogP contribution in [0.3, 0.4) is 0 Å². The summed E-state index contributed by atoms with van der Waals surface area (Å²) in [4.78, 5) is 34.9. The summed E-state index contributed by atoms with van der Waals surface area (Å²) in [6.45, 7) is 3.14. The van der Waals surface area contributed by atoms with Gasteiger partial charge < -0.3 is 9.80 Å². The predicted molar refractivity (Wildman–Crippen MR) is 102 cm³/mol. The highest BCUT2D eigenvalue weighted by Gasteiger charge is 2.37. The van der Waals surface area contributed by atoms with Crippen molar-refractivity contribution < 1.29 is 18.4 Å². The molecule has 2 aromatic rings. The van der Waals surface area contributed by atoms with Crippen LogP contribution in [0.1, 0.15) is 22.3 Å². The van der Waals surface area contributed by atoms with Gasteiger partial charge in [-0.25, -0.2) is 8.78 Å². The highest BCUT2D eigenvalue weighted by atomic mass is 19.1. The number of pyridine rings is 1. The summed E-state index contributed by atoms with van der Waals surface area (Å²) in [5.41, 5.74) is 0.885. The molecular weight excluding hydrogens is 378 g/mol. The number of hydrogen-bond donors (Lipinski definition) is 0. The fraction of sp³-hybridized carbons (Fsp3) is 0.381. The van der Waals surface area contributed by atoms with Crippen LogP contribution in [0.15, 0.2) is 42.7 Å². The van der Waals surface area contributed by atoms with Gasteiger partial charge in [-0.3, -0.25) is 19.5 Å². The fourth-order valence-corrected chi connectivity index (χ4v) is 3.98. The number of piperazine rings is 1. The molecule has 0 bridgehead atoms. The van der Waals surface area contributed by atoms with E-state index in [-0.39, 0.29) is 29.2 Å². The van der Waals surface area contributed by atoms with Crippen molar-refractivity contribution in [3.8, 4) is 0 Å². The van der Waals surface area contributed by atoms with E-state index in [4.69, 9.17) is 0 Å². The van der Waals surface area contributed by atoms with E-state index in [1.807, 2.05) is 0 Å². The molecule has 1 unspecified atom stereocenters. The van der Waals surface area contributed by atoms with Gasteiger partial charge in [-0.1, -0.05) is 12.1 Å². The average Bonchev–Trinajstić information content (AvgIpc) is 2.95. The molecule has 3 heterocycles. The van der Waals surface area contributed by atoms with Gasteiger partial charge in [-0.15, -0.1) is 0 Å². The molecule has 1 aromatic heterocycles. The molecule has 8 heteroatoms. The lowest BCUT2D eigenvalue weighted by Crippen LogP contribution is -2.56. The molecule has 0 spiro atoms. The van der Waals surface area contributed by atoms with Crippen molar-refractivity contribution in [3.05, 3.63) is 65.5 Å². The third-order valence-electron chi connectivity index (χ3n) is 5.60. The number of amides is 2. The monoisotopic (exact) mass is 400 g/mol. The molecule has 1 atom stereocenters. The molecule has 6 nitrogen and oxygen atoms in total. The quantitative estimate of drug-likeness (QED) is 0.790. The van der Waals surface area contributed by atoms with Crippen LogP contribution in [0, 0.1) is 11.6 Å². The van der Waals surface area contributed by atoms with E-state index >= 15 is 0 Å². The first kappa shape index (κ1) is 19.4. The molecule has 0 radical (unpaired) electrons. The van der Waals surface area contributed by atoms with Crippen LogP contribution in [0.25, 0.3) is 0 Å². The van der Waals surface area contributed by atoms with Gasteiger partial charge in [0.25, 0.3) is 5.91 Å². The van der Waals surface area contributed by atoms with Gasteiger partial charge in [-0.2, -0.15) is 0 Å². The molecular formula is C21H22F2N4O2. The van der Waals surface area contributed by atoms with Gasteiger partial charge in [0, 0.05) is 45.5 Å². The van der Waals surface area contributed by atoms with Gasteiger partial charge in [0.2, 0.25) is 5.91 Å². The SMILES string of the molecule is O=C(c1ccncc1F)N1CCC2C(=O)N(Cc3ccc(F)cc3)CCN2CC1. The zero-order valence-corrected chi connectivity index (χ0v) is 15.9. The molecule has 1 aromatic carbocycles. The number of aromatic nitrogens is 1. The van der Waals surface area contributed by atoms with Crippen molar-refractivity contribution in [2.24, 2.45) is 0 Å². The zero-order valence-electron chi connectivity index (χ0n) is 15.9. The van der Waals surface area contributed by atoms with Gasteiger partial charge in [0.05, 0.1) is 17.8 Å². The highest BCUT2D eigenvalue weighted by molar-refractivity contribution is 5.94. The number of rotatable bonds is 3. The molecule has 0 aliphatic carbocycles. The smallest absolute Gasteiger partial charge is 0.256 e. The topological polar surface area (TPSA) is 56.8 Å². The zero-order chi connectivity index (χ0) is 20.4. The van der Waals surface area contributed by atoms with Crippen LogP contribution in [0.2, 0.25) is 0 Å². The Bertz CT molecular complexity index is 906. The summed E-state index contributed by atoms with van der Waals surface area (Å²) in [6, 6.07) is 7.24. The van der Waals surface area contributed by atoms with Gasteiger partial charge in [0.15, 0.2) is 5.82 Å². The predicted octanol–water partition coefficient (Wildman–Crippen LogP) is 1.92. The number of carbonyl (C=O) groups excluding carboxylic acids is 2. The number of halogens is 2. The Labute approximate surface area is 167 Å². The van der Waals surface area contributed by atoms with Crippen molar-refractivity contribution in [1.82, 2.24) is 19.7 Å². The molecule has 2 aliphatic rings. The Balaban J connectivity index is 1.43. The summed E-state index contributed by atoms with van der Waals surface area (Å²) < 4.78 is 27.0. The Kier molecular flexibility index (Phi) is 5.53. The summed E-state index contributed by atoms with van der Waals surface area (Å²) in [5.74, 6) is -1.30. The van der Waals surface area contributed by atoms with E-state index < -0.39 is 5.82 Å². The summed E-state index contributed by atoms with van der Waals surface area (Å²) in [7, 11) is 0. The maximum Gasteiger partial charge on any atom is 0.256 e. The molecule has 0 saturated carbocycles. The van der Waals surface area contributed by atoms with Gasteiger partial charge >= 0.3 is 0 Å². The lowest BCUT2D eigenvalue weighted by atomic mass is 10.1. The van der Waals surface area contributed by atoms with Crippen LogP contribution in [0.5, 0.6) is 0 Å². The van der Waals surface area contributed by atoms with E-state index in [1.165, 1.54) is 24.4 Å². The first-order valence-corrected chi connectivity index (χ1v) is 9.69. The molecule has 4 rings (SSSR count). The number of fused-ring (bicyclic) bond motifs is 1. The second kappa shape index (κ2) is 8.24. The molecule has 2 amide bonds. The van der Waals surface area contributed by atoms with Crippen molar-refractivity contribution in [2.45, 2.75) is 19.0 Å². The Morgan fingerprint density at radius 3 is 2.55 bits per heavy atom. The molecule has 29 heavy (non-hydrogen) atoms. The fourth-order valence-electron chi connectivity index (χ4n) is 3.98. The minimum Gasteiger partial charge on any atom is -0.337 e. The number of hydrogen-bond acceptors (Lipinski definition) is 4. The molecule has 152 valence electrons. The van der Waals surface area contributed by atoms with Gasteiger partial charge in [-0.05, 0) is 30.2 Å². The van der Waals surface area contributed by atoms with Gasteiger partial charge in [0.1, 0.15) is 5.82 Å². The van der Waals surface area contributed by atoms with Crippen molar-refractivity contribution in [3.63, 3.8) is 0 Å². The second-order valence-electron chi connectivity index (χ2n) is 7.37. The van der Waals surface area contributed by atoms with Crippen LogP contribution in [-0.2, 0) is 11.3 Å². The van der Waals surface area contributed by atoms with Crippen molar-refractivity contribution in [1.29, 1.82) is 0 Å². The summed E-state index contributed by atoms with van der Waals surface area (Å²) in [5, 5.41) is 0.